The highest BCUT2D eigenvalue weighted by atomic mass is 32.2. The quantitative estimate of drug-likeness (QED) is 0.117. The number of imide groups is 1. The molecule has 0 aromatic carbocycles. The highest BCUT2D eigenvalue weighted by Gasteiger charge is 2.39. The van der Waals surface area contributed by atoms with E-state index in [-0.39, 0.29) is 37.4 Å². The second-order valence-electron chi connectivity index (χ2n) is 7.42. The van der Waals surface area contributed by atoms with Gasteiger partial charge in [0.1, 0.15) is 13.2 Å². The Kier molecular flexibility index (Phi) is 17.8. The highest BCUT2D eigenvalue weighted by molar-refractivity contribution is 8.13. The van der Waals surface area contributed by atoms with Crippen LogP contribution in [0.25, 0.3) is 0 Å². The van der Waals surface area contributed by atoms with Gasteiger partial charge in [-0.2, -0.15) is 0 Å². The van der Waals surface area contributed by atoms with E-state index in [2.05, 4.69) is 18.5 Å². The average Bonchev–Trinajstić information content (AvgIpc) is 2.82. The summed E-state index contributed by atoms with van der Waals surface area (Å²) >= 11 is 0.948. The van der Waals surface area contributed by atoms with Gasteiger partial charge >= 0.3 is 26.8 Å². The van der Waals surface area contributed by atoms with E-state index in [1.165, 1.54) is 13.8 Å². The van der Waals surface area contributed by atoms with Crippen molar-refractivity contribution >= 4 is 43.8 Å². The summed E-state index contributed by atoms with van der Waals surface area (Å²) in [5, 5.41) is 2.00. The zero-order valence-electron chi connectivity index (χ0n) is 22.0. The van der Waals surface area contributed by atoms with E-state index < -0.39 is 32.0 Å². The molecule has 0 aliphatic carbocycles. The van der Waals surface area contributed by atoms with Crippen LogP contribution in [0.4, 0.5) is 9.59 Å². The maximum atomic E-state index is 12.8. The van der Waals surface area contributed by atoms with Crippen molar-refractivity contribution in [2.75, 3.05) is 51.9 Å². The van der Waals surface area contributed by atoms with E-state index in [0.29, 0.717) is 38.0 Å². The molecule has 13 heteroatoms. The first kappa shape index (κ1) is 33.8. The van der Waals surface area contributed by atoms with Gasteiger partial charge in [-0.3, -0.25) is 9.69 Å². The van der Waals surface area contributed by atoms with Crippen molar-refractivity contribution in [1.82, 2.24) is 10.2 Å². The molecular weight excluding hydrogens is 508 g/mol. The van der Waals surface area contributed by atoms with Gasteiger partial charge in [-0.05, 0) is 41.0 Å². The molecule has 0 unspecified atom stereocenters. The van der Waals surface area contributed by atoms with Gasteiger partial charge in [0.05, 0.1) is 13.1 Å². The van der Waals surface area contributed by atoms with Gasteiger partial charge in [-0.1, -0.05) is 24.9 Å². The SMILES string of the molecule is C=C(C)C(=O)OCCNC(=O)N(CCOC(=O)C(=C)C)C(=O)SCCC[Si](OCC)(OCC)OCC. The molecule has 0 spiro atoms. The zero-order valence-corrected chi connectivity index (χ0v) is 23.8. The Bertz CT molecular complexity index is 747. The van der Waals surface area contributed by atoms with Crippen LogP contribution >= 0.6 is 11.8 Å². The molecule has 0 aliphatic rings. The maximum absolute atomic E-state index is 12.8. The Hall–Kier alpha value is -2.19. The molecule has 0 aliphatic heterocycles. The largest absolute Gasteiger partial charge is 0.500 e. The lowest BCUT2D eigenvalue weighted by Crippen LogP contribution is -2.46. The highest BCUT2D eigenvalue weighted by Crippen LogP contribution is 2.21. The summed E-state index contributed by atoms with van der Waals surface area (Å²) in [6.07, 6.45) is 0.569. The van der Waals surface area contributed by atoms with Crippen molar-refractivity contribution in [3.8, 4) is 0 Å². The molecule has 11 nitrogen and oxygen atoms in total. The normalized spacial score (nSPS) is 10.9. The summed E-state index contributed by atoms with van der Waals surface area (Å²) in [5.74, 6) is -0.803. The first-order valence-corrected chi connectivity index (χ1v) is 14.7. The molecule has 0 rings (SSSR count). The molecule has 0 heterocycles. The molecular formula is C23H40N2O9SSi. The molecule has 0 radical (unpaired) electrons. The Morgan fingerprint density at radius 3 is 1.83 bits per heavy atom. The number of carbonyl (C=O) groups excluding carboxylic acids is 4. The standard InChI is InChI=1S/C23H40N2O9SSi/c1-8-32-36(33-9-2,34-10-3)17-11-16-35-23(29)25(13-15-31-21(27)19(6)7)22(28)24-12-14-30-20(26)18(4)5/h4,6,8-17H2,1-3,5,7H3,(H,24,28). The third kappa shape index (κ3) is 13.8. The third-order valence-corrected chi connectivity index (χ3v) is 8.38. The minimum Gasteiger partial charge on any atom is -0.460 e. The van der Waals surface area contributed by atoms with Gasteiger partial charge in [0.25, 0.3) is 5.24 Å². The van der Waals surface area contributed by atoms with Crippen LogP contribution < -0.4 is 5.32 Å². The molecule has 206 valence electrons. The fourth-order valence-corrected chi connectivity index (χ4v) is 6.34. The number of nitrogens with one attached hydrogen (secondary N) is 1. The van der Waals surface area contributed by atoms with Gasteiger partial charge < -0.3 is 28.1 Å². The van der Waals surface area contributed by atoms with Crippen molar-refractivity contribution in [3.05, 3.63) is 24.3 Å². The van der Waals surface area contributed by atoms with E-state index in [4.69, 9.17) is 22.8 Å². The van der Waals surface area contributed by atoms with Crippen molar-refractivity contribution in [3.63, 3.8) is 0 Å². The number of carbonyl (C=O) groups is 4. The molecule has 0 saturated heterocycles. The van der Waals surface area contributed by atoms with Gasteiger partial charge in [-0.15, -0.1) is 0 Å². The second kappa shape index (κ2) is 19.0. The number of thioether (sulfide) groups is 1. The first-order valence-electron chi connectivity index (χ1n) is 11.8. The number of esters is 2. The van der Waals surface area contributed by atoms with Crippen molar-refractivity contribution in [1.29, 1.82) is 0 Å². The third-order valence-electron chi connectivity index (χ3n) is 4.27. The van der Waals surface area contributed by atoms with Gasteiger partial charge in [-0.25, -0.2) is 14.4 Å². The van der Waals surface area contributed by atoms with Crippen LogP contribution in [0.15, 0.2) is 24.3 Å². The predicted octanol–water partition coefficient (Wildman–Crippen LogP) is 3.53. The second-order valence-corrected chi connectivity index (χ2v) is 11.2. The van der Waals surface area contributed by atoms with E-state index in [1.54, 1.807) is 0 Å². The summed E-state index contributed by atoms with van der Waals surface area (Å²) < 4.78 is 27.4. The van der Waals surface area contributed by atoms with Gasteiger partial charge in [0.2, 0.25) is 0 Å². The lowest BCUT2D eigenvalue weighted by Gasteiger charge is -2.28. The zero-order chi connectivity index (χ0) is 27.6. The molecule has 0 atom stereocenters. The number of amides is 3. The molecule has 0 fully saturated rings. The Morgan fingerprint density at radius 1 is 0.861 bits per heavy atom. The van der Waals surface area contributed by atoms with Crippen LogP contribution in [0.2, 0.25) is 6.04 Å². The van der Waals surface area contributed by atoms with Crippen LogP contribution in [0.1, 0.15) is 41.0 Å². The summed E-state index contributed by atoms with van der Waals surface area (Å²) in [4.78, 5) is 49.5. The minimum absolute atomic E-state index is 0.0109. The number of hydrogen-bond acceptors (Lipinski definition) is 10. The van der Waals surface area contributed by atoms with Crippen LogP contribution in [0, 0.1) is 0 Å². The molecule has 36 heavy (non-hydrogen) atoms. The maximum Gasteiger partial charge on any atom is 0.500 e. The van der Waals surface area contributed by atoms with Crippen LogP contribution in [-0.4, -0.2) is 88.8 Å². The average molecular weight is 549 g/mol. The lowest BCUT2D eigenvalue weighted by molar-refractivity contribution is -0.139. The topological polar surface area (TPSA) is 130 Å². The smallest absolute Gasteiger partial charge is 0.460 e. The fourth-order valence-electron chi connectivity index (χ4n) is 2.68. The van der Waals surface area contributed by atoms with Crippen LogP contribution in [0.3, 0.4) is 0 Å². The molecule has 0 bridgehead atoms. The van der Waals surface area contributed by atoms with E-state index in [0.717, 1.165) is 16.7 Å². The summed E-state index contributed by atoms with van der Waals surface area (Å²) in [6.45, 7) is 16.5. The number of nitrogens with zero attached hydrogens (tertiary/aromatic N) is 1. The minimum atomic E-state index is -2.83. The molecule has 3 amide bonds. The molecule has 0 aromatic rings. The van der Waals surface area contributed by atoms with Gasteiger partial charge in [0, 0.05) is 42.8 Å². The van der Waals surface area contributed by atoms with E-state index >= 15 is 0 Å². The predicted molar refractivity (Wildman–Crippen MR) is 140 cm³/mol. The van der Waals surface area contributed by atoms with Crippen molar-refractivity contribution in [2.24, 2.45) is 0 Å². The van der Waals surface area contributed by atoms with E-state index in [1.807, 2.05) is 20.8 Å². The molecule has 0 aromatic heterocycles. The number of rotatable bonds is 18. The Morgan fingerprint density at radius 2 is 1.36 bits per heavy atom. The van der Waals surface area contributed by atoms with Crippen molar-refractivity contribution < 1.29 is 41.9 Å². The summed E-state index contributed by atoms with van der Waals surface area (Å²) in [6, 6.07) is -0.175. The summed E-state index contributed by atoms with van der Waals surface area (Å²) in [7, 11) is -2.83. The Labute approximate surface area is 219 Å². The van der Waals surface area contributed by atoms with Crippen LogP contribution in [-0.2, 0) is 32.3 Å². The fraction of sp³-hybridized carbons (Fsp3) is 0.652. The molecule has 0 saturated carbocycles. The van der Waals surface area contributed by atoms with Crippen molar-refractivity contribution in [2.45, 2.75) is 47.1 Å². The number of ether oxygens (including phenoxy) is 2. The monoisotopic (exact) mass is 548 g/mol. The lowest BCUT2D eigenvalue weighted by atomic mass is 10.4. The molecule has 1 N–H and O–H groups in total. The van der Waals surface area contributed by atoms with E-state index in [9.17, 15) is 19.2 Å². The summed E-state index contributed by atoms with van der Waals surface area (Å²) in [5.41, 5.74) is 0.440. The first-order chi connectivity index (χ1) is 17.0. The number of hydrogen-bond donors (Lipinski definition) is 1. The Balaban J connectivity index is 4.99. The number of urea groups is 1. The van der Waals surface area contributed by atoms with Crippen LogP contribution in [0.5, 0.6) is 0 Å². The van der Waals surface area contributed by atoms with Gasteiger partial charge in [0.15, 0.2) is 0 Å².